The van der Waals surface area contributed by atoms with E-state index in [0.717, 1.165) is 16.0 Å². The Balaban J connectivity index is 1.48. The molecule has 2 aliphatic rings. The Kier molecular flexibility index (Phi) is 4.93. The quantitative estimate of drug-likeness (QED) is 0.746. The molecule has 2 heterocycles. The number of carbonyl (C=O) groups excluding carboxylic acids is 3. The number of anilines is 2. The van der Waals surface area contributed by atoms with Gasteiger partial charge in [-0.3, -0.25) is 19.4 Å². The second-order valence-corrected chi connectivity index (χ2v) is 7.20. The van der Waals surface area contributed by atoms with Crippen LogP contribution in [0, 0.1) is 5.82 Å². The lowest BCUT2D eigenvalue weighted by Gasteiger charge is -2.20. The Hall–Kier alpha value is -3.04. The first-order chi connectivity index (χ1) is 13.8. The molecule has 11 heteroatoms. The average Bonchev–Trinajstić information content (AvgIpc) is 3.19. The van der Waals surface area contributed by atoms with Crippen LogP contribution in [0.5, 0.6) is 0 Å². The van der Waals surface area contributed by atoms with E-state index < -0.39 is 35.6 Å². The zero-order valence-electron chi connectivity index (χ0n) is 14.6. The lowest BCUT2D eigenvalue weighted by atomic mass is 10.1. The van der Waals surface area contributed by atoms with Gasteiger partial charge in [0.1, 0.15) is 12.4 Å². The molecule has 2 aliphatic heterocycles. The number of hydrogen-bond acceptors (Lipinski definition) is 6. The SMILES string of the molecule is O=C(CN1N=N[C@@H]2C(=O)N(c3ccc(Cl)cc3)C(=O)[C@H]21)Nc1ccc(F)c(Cl)c1. The van der Waals surface area contributed by atoms with Crippen LogP contribution in [0.1, 0.15) is 0 Å². The third kappa shape index (κ3) is 3.54. The van der Waals surface area contributed by atoms with Crippen LogP contribution in [-0.2, 0) is 14.4 Å². The van der Waals surface area contributed by atoms with Crippen molar-refractivity contribution in [2.75, 3.05) is 16.8 Å². The van der Waals surface area contributed by atoms with Gasteiger partial charge in [0.2, 0.25) is 5.91 Å². The molecule has 2 atom stereocenters. The fourth-order valence-electron chi connectivity index (χ4n) is 3.12. The lowest BCUT2D eigenvalue weighted by Crippen LogP contribution is -2.43. The maximum Gasteiger partial charge on any atom is 0.263 e. The number of imide groups is 1. The predicted octanol–water partition coefficient (Wildman–Crippen LogP) is 3.06. The molecule has 0 radical (unpaired) electrons. The van der Waals surface area contributed by atoms with Crippen LogP contribution >= 0.6 is 23.2 Å². The van der Waals surface area contributed by atoms with E-state index in [1.54, 1.807) is 24.3 Å². The molecule has 4 rings (SSSR count). The number of carbonyl (C=O) groups is 3. The van der Waals surface area contributed by atoms with E-state index in [1.807, 2.05) is 0 Å². The largest absolute Gasteiger partial charge is 0.324 e. The van der Waals surface area contributed by atoms with E-state index in [4.69, 9.17) is 23.2 Å². The summed E-state index contributed by atoms with van der Waals surface area (Å²) in [5.41, 5.74) is 0.644. The molecule has 1 N–H and O–H groups in total. The minimum absolute atomic E-state index is 0.140. The third-order valence-electron chi connectivity index (χ3n) is 4.45. The van der Waals surface area contributed by atoms with Crippen LogP contribution in [0.4, 0.5) is 15.8 Å². The summed E-state index contributed by atoms with van der Waals surface area (Å²) in [5.74, 6) is -2.21. The molecule has 2 aromatic rings. The summed E-state index contributed by atoms with van der Waals surface area (Å²) in [6.45, 7) is -0.326. The van der Waals surface area contributed by atoms with Gasteiger partial charge in [-0.15, -0.1) is 0 Å². The number of halogens is 3. The molecule has 1 fully saturated rings. The fourth-order valence-corrected chi connectivity index (χ4v) is 3.43. The standard InChI is InChI=1S/C18H12Cl2FN5O3/c19-9-1-4-11(5-2-9)26-17(28)15-16(18(26)29)25(24-23-15)8-14(27)22-10-3-6-13(21)12(20)7-10/h1-7,15-16H,8H2,(H,22,27)/t15-,16-/m0/s1. The predicted molar refractivity (Wildman–Crippen MR) is 103 cm³/mol. The molecule has 8 nitrogen and oxygen atoms in total. The Labute approximate surface area is 173 Å². The van der Waals surface area contributed by atoms with Gasteiger partial charge in [-0.2, -0.15) is 5.11 Å². The summed E-state index contributed by atoms with van der Waals surface area (Å²) >= 11 is 11.5. The molecule has 29 heavy (non-hydrogen) atoms. The van der Waals surface area contributed by atoms with Gasteiger partial charge in [-0.25, -0.2) is 9.29 Å². The summed E-state index contributed by atoms with van der Waals surface area (Å²) in [6, 6.07) is 7.91. The van der Waals surface area contributed by atoms with Crippen molar-refractivity contribution in [1.29, 1.82) is 0 Å². The maximum absolute atomic E-state index is 13.2. The summed E-state index contributed by atoms with van der Waals surface area (Å²) in [7, 11) is 0. The first kappa shape index (κ1) is 19.3. The number of nitrogens with one attached hydrogen (secondary N) is 1. The molecular weight excluding hydrogens is 424 g/mol. The van der Waals surface area contributed by atoms with Gasteiger partial charge >= 0.3 is 0 Å². The monoisotopic (exact) mass is 435 g/mol. The molecule has 0 unspecified atom stereocenters. The Morgan fingerprint density at radius 2 is 1.83 bits per heavy atom. The summed E-state index contributed by atoms with van der Waals surface area (Å²) in [4.78, 5) is 38.8. The molecule has 148 valence electrons. The Morgan fingerprint density at radius 3 is 2.52 bits per heavy atom. The van der Waals surface area contributed by atoms with Crippen molar-refractivity contribution in [3.63, 3.8) is 0 Å². The first-order valence-corrected chi connectivity index (χ1v) is 9.16. The van der Waals surface area contributed by atoms with Crippen LogP contribution in [0.3, 0.4) is 0 Å². The van der Waals surface area contributed by atoms with Crippen molar-refractivity contribution in [2.24, 2.45) is 10.3 Å². The molecule has 1 saturated heterocycles. The number of rotatable bonds is 4. The highest BCUT2D eigenvalue weighted by molar-refractivity contribution is 6.31. The van der Waals surface area contributed by atoms with Crippen molar-refractivity contribution >= 4 is 52.3 Å². The zero-order valence-corrected chi connectivity index (χ0v) is 16.1. The van der Waals surface area contributed by atoms with Gasteiger partial charge in [0.25, 0.3) is 11.8 Å². The van der Waals surface area contributed by atoms with Crippen LogP contribution < -0.4 is 10.2 Å². The van der Waals surface area contributed by atoms with Gasteiger partial charge in [0.15, 0.2) is 12.1 Å². The van der Waals surface area contributed by atoms with Gasteiger partial charge in [0, 0.05) is 10.7 Å². The minimum atomic E-state index is -1.02. The van der Waals surface area contributed by atoms with Crippen LogP contribution in [0.2, 0.25) is 10.0 Å². The van der Waals surface area contributed by atoms with Crippen LogP contribution in [-0.4, -0.2) is 41.4 Å². The number of fused-ring (bicyclic) bond motifs is 1. The molecule has 3 amide bonds. The summed E-state index contributed by atoms with van der Waals surface area (Å²) < 4.78 is 13.2. The number of nitrogens with zero attached hydrogens (tertiary/aromatic N) is 4. The number of benzene rings is 2. The van der Waals surface area contributed by atoms with E-state index in [9.17, 15) is 18.8 Å². The van der Waals surface area contributed by atoms with Gasteiger partial charge in [-0.05, 0) is 42.5 Å². The van der Waals surface area contributed by atoms with Crippen molar-refractivity contribution in [3.05, 3.63) is 58.3 Å². The number of amides is 3. The second-order valence-electron chi connectivity index (χ2n) is 6.36. The highest BCUT2D eigenvalue weighted by Gasteiger charge is 2.55. The summed E-state index contributed by atoms with van der Waals surface area (Å²) in [5, 5.41) is 11.7. The molecule has 0 aliphatic carbocycles. The van der Waals surface area contributed by atoms with Crippen molar-refractivity contribution in [2.45, 2.75) is 12.1 Å². The Bertz CT molecular complexity index is 1050. The lowest BCUT2D eigenvalue weighted by molar-refractivity contribution is -0.123. The normalized spacial score (nSPS) is 20.4. The number of hydrogen-bond donors (Lipinski definition) is 1. The molecule has 0 saturated carbocycles. The third-order valence-corrected chi connectivity index (χ3v) is 4.99. The topological polar surface area (TPSA) is 94.4 Å². The van der Waals surface area contributed by atoms with Gasteiger partial charge < -0.3 is 5.32 Å². The van der Waals surface area contributed by atoms with E-state index in [0.29, 0.717) is 10.7 Å². The smallest absolute Gasteiger partial charge is 0.263 e. The molecule has 0 aromatic heterocycles. The van der Waals surface area contributed by atoms with E-state index >= 15 is 0 Å². The molecular formula is C18H12Cl2FN5O3. The van der Waals surface area contributed by atoms with Gasteiger partial charge in [-0.1, -0.05) is 28.4 Å². The van der Waals surface area contributed by atoms with E-state index in [2.05, 4.69) is 15.7 Å². The van der Waals surface area contributed by atoms with Gasteiger partial charge in [0.05, 0.1) is 10.7 Å². The van der Waals surface area contributed by atoms with Crippen molar-refractivity contribution in [1.82, 2.24) is 5.01 Å². The van der Waals surface area contributed by atoms with Crippen molar-refractivity contribution < 1.29 is 18.8 Å². The molecule has 0 spiro atoms. The van der Waals surface area contributed by atoms with E-state index in [1.165, 1.54) is 12.1 Å². The fraction of sp³-hybridized carbons (Fsp3) is 0.167. The average molecular weight is 436 g/mol. The highest BCUT2D eigenvalue weighted by atomic mass is 35.5. The zero-order chi connectivity index (χ0) is 20.7. The van der Waals surface area contributed by atoms with E-state index in [-0.39, 0.29) is 17.3 Å². The maximum atomic E-state index is 13.2. The van der Waals surface area contributed by atoms with Crippen molar-refractivity contribution in [3.8, 4) is 0 Å². The first-order valence-electron chi connectivity index (χ1n) is 8.41. The molecule has 0 bridgehead atoms. The minimum Gasteiger partial charge on any atom is -0.324 e. The Morgan fingerprint density at radius 1 is 1.10 bits per heavy atom. The molecule has 2 aromatic carbocycles. The van der Waals surface area contributed by atoms with Crippen LogP contribution in [0.15, 0.2) is 52.8 Å². The summed E-state index contributed by atoms with van der Waals surface area (Å²) in [6.07, 6.45) is 0. The van der Waals surface area contributed by atoms with Crippen LogP contribution in [0.25, 0.3) is 0 Å². The second kappa shape index (κ2) is 7.41. The highest BCUT2D eigenvalue weighted by Crippen LogP contribution is 2.32.